The molecule has 0 aromatic heterocycles. The van der Waals surface area contributed by atoms with Crippen molar-refractivity contribution in [2.45, 2.75) is 58.4 Å². The maximum Gasteiger partial charge on any atom is 0.307 e. The van der Waals surface area contributed by atoms with Gasteiger partial charge in [-0.1, -0.05) is 26.0 Å². The molecule has 2 N–H and O–H groups in total. The van der Waals surface area contributed by atoms with Crippen molar-refractivity contribution < 1.29 is 14.7 Å². The van der Waals surface area contributed by atoms with E-state index in [0.29, 0.717) is 24.2 Å². The van der Waals surface area contributed by atoms with Crippen LogP contribution in [0.4, 0.5) is 0 Å². The van der Waals surface area contributed by atoms with Crippen molar-refractivity contribution in [3.8, 4) is 0 Å². The minimum Gasteiger partial charge on any atom is -0.481 e. The molecule has 0 radical (unpaired) electrons. The van der Waals surface area contributed by atoms with Crippen LogP contribution in [0.1, 0.15) is 52.4 Å². The molecule has 4 rings (SSSR count). The predicted molar refractivity (Wildman–Crippen MR) is 86.6 cm³/mol. The lowest BCUT2D eigenvalue weighted by atomic mass is 9.49. The SMILES string of the molecule is C[C@]12CCC(=O)NC1C=CC1C2CC[C@@]2(C)C1CC[C@@H]2C(=O)O. The lowest BCUT2D eigenvalue weighted by Gasteiger charge is -2.57. The molecule has 0 aromatic carbocycles. The van der Waals surface area contributed by atoms with Gasteiger partial charge in [0.05, 0.1) is 12.0 Å². The van der Waals surface area contributed by atoms with Crippen LogP contribution in [0.2, 0.25) is 0 Å². The first-order valence-corrected chi connectivity index (χ1v) is 9.07. The maximum atomic E-state index is 11.8. The van der Waals surface area contributed by atoms with Gasteiger partial charge in [0.25, 0.3) is 0 Å². The Morgan fingerprint density at radius 2 is 1.87 bits per heavy atom. The minimum absolute atomic E-state index is 0.0571. The number of carboxylic acids is 1. The van der Waals surface area contributed by atoms with Crippen molar-refractivity contribution in [3.05, 3.63) is 12.2 Å². The Hall–Kier alpha value is -1.32. The van der Waals surface area contributed by atoms with Crippen LogP contribution in [-0.4, -0.2) is 23.0 Å². The second-order valence-corrected chi connectivity index (χ2v) is 8.74. The molecule has 3 fully saturated rings. The van der Waals surface area contributed by atoms with E-state index in [0.717, 1.165) is 32.1 Å². The van der Waals surface area contributed by atoms with Crippen molar-refractivity contribution in [1.29, 1.82) is 0 Å². The van der Waals surface area contributed by atoms with Gasteiger partial charge in [-0.3, -0.25) is 9.59 Å². The van der Waals surface area contributed by atoms with Crippen molar-refractivity contribution in [3.63, 3.8) is 0 Å². The van der Waals surface area contributed by atoms with Crippen LogP contribution in [-0.2, 0) is 9.59 Å². The molecule has 0 spiro atoms. The van der Waals surface area contributed by atoms with Crippen molar-refractivity contribution >= 4 is 11.9 Å². The number of fused-ring (bicyclic) bond motifs is 5. The smallest absolute Gasteiger partial charge is 0.307 e. The van der Waals surface area contributed by atoms with E-state index in [1.807, 2.05) is 0 Å². The van der Waals surface area contributed by atoms with Gasteiger partial charge in [0.2, 0.25) is 5.91 Å². The van der Waals surface area contributed by atoms with Gasteiger partial charge in [0.15, 0.2) is 0 Å². The number of hydrogen-bond acceptors (Lipinski definition) is 2. The van der Waals surface area contributed by atoms with Crippen LogP contribution in [0.5, 0.6) is 0 Å². The second-order valence-electron chi connectivity index (χ2n) is 8.74. The first-order chi connectivity index (χ1) is 10.9. The van der Waals surface area contributed by atoms with E-state index in [9.17, 15) is 14.7 Å². The zero-order chi connectivity index (χ0) is 16.4. The topological polar surface area (TPSA) is 66.4 Å². The third-order valence-electron chi connectivity index (χ3n) is 7.92. The number of nitrogens with one attached hydrogen (secondary N) is 1. The van der Waals surface area contributed by atoms with Crippen molar-refractivity contribution in [2.24, 2.45) is 34.5 Å². The number of hydrogen-bond donors (Lipinski definition) is 2. The Bertz CT molecular complexity index is 585. The Labute approximate surface area is 137 Å². The van der Waals surface area contributed by atoms with Crippen molar-refractivity contribution in [2.75, 3.05) is 0 Å². The standard InChI is InChI=1S/C19H27NO3/c1-18-9-7-13-11(12(18)4-5-14(18)17(22)23)3-6-15-19(13,2)10-8-16(21)20-15/h3,6,11-15H,4-5,7-10H2,1-2H3,(H,20,21)(H,22,23)/t11?,12?,13?,14-,15?,18+,19-/m1/s1. The normalized spacial score (nSPS) is 51.4. The van der Waals surface area contributed by atoms with Crippen LogP contribution < -0.4 is 5.32 Å². The van der Waals surface area contributed by atoms with Gasteiger partial charge in [-0.25, -0.2) is 0 Å². The van der Waals surface area contributed by atoms with E-state index >= 15 is 0 Å². The Morgan fingerprint density at radius 3 is 2.61 bits per heavy atom. The van der Waals surface area contributed by atoms with Gasteiger partial charge in [-0.05, 0) is 60.7 Å². The molecular weight excluding hydrogens is 290 g/mol. The van der Waals surface area contributed by atoms with Gasteiger partial charge in [0.1, 0.15) is 0 Å². The second kappa shape index (κ2) is 4.84. The molecule has 0 aromatic rings. The van der Waals surface area contributed by atoms with Crippen LogP contribution in [0, 0.1) is 34.5 Å². The van der Waals surface area contributed by atoms with Crippen molar-refractivity contribution in [1.82, 2.24) is 5.32 Å². The fraction of sp³-hybridized carbons (Fsp3) is 0.789. The first kappa shape index (κ1) is 15.2. The fourth-order valence-electron chi connectivity index (χ4n) is 6.51. The molecule has 2 saturated carbocycles. The van der Waals surface area contributed by atoms with Gasteiger partial charge < -0.3 is 10.4 Å². The van der Waals surface area contributed by atoms with Crippen LogP contribution in [0.3, 0.4) is 0 Å². The number of rotatable bonds is 1. The number of carbonyl (C=O) groups is 2. The minimum atomic E-state index is -0.609. The summed E-state index contributed by atoms with van der Waals surface area (Å²) in [5.74, 6) is 0.913. The number of carboxylic acid groups (broad SMARTS) is 1. The van der Waals surface area contributed by atoms with Crippen LogP contribution in [0.15, 0.2) is 12.2 Å². The fourth-order valence-corrected chi connectivity index (χ4v) is 6.51. The molecule has 3 aliphatic carbocycles. The molecule has 1 heterocycles. The molecule has 4 nitrogen and oxygen atoms in total. The predicted octanol–water partition coefficient (Wildman–Crippen LogP) is 2.98. The van der Waals surface area contributed by atoms with Crippen LogP contribution >= 0.6 is 0 Å². The Morgan fingerprint density at radius 1 is 1.13 bits per heavy atom. The number of allylic oxidation sites excluding steroid dienone is 1. The molecule has 1 saturated heterocycles. The summed E-state index contributed by atoms with van der Waals surface area (Å²) in [6.07, 6.45) is 10.1. The van der Waals surface area contributed by atoms with Crippen LogP contribution in [0.25, 0.3) is 0 Å². The lowest BCUT2D eigenvalue weighted by molar-refractivity contribution is -0.149. The van der Waals surface area contributed by atoms with E-state index in [1.165, 1.54) is 0 Å². The van der Waals surface area contributed by atoms with Gasteiger partial charge >= 0.3 is 5.97 Å². The third kappa shape index (κ3) is 1.96. The summed E-state index contributed by atoms with van der Waals surface area (Å²) in [4.78, 5) is 23.4. The van der Waals surface area contributed by atoms with E-state index in [-0.39, 0.29) is 28.7 Å². The number of piperidine rings is 1. The Kier molecular flexibility index (Phi) is 3.20. The summed E-state index contributed by atoms with van der Waals surface area (Å²) >= 11 is 0. The molecule has 23 heavy (non-hydrogen) atoms. The highest BCUT2D eigenvalue weighted by Crippen LogP contribution is 2.64. The molecule has 1 amide bonds. The first-order valence-electron chi connectivity index (χ1n) is 9.07. The molecule has 4 aliphatic rings. The average Bonchev–Trinajstić information content (AvgIpc) is 2.85. The molecule has 7 atom stereocenters. The zero-order valence-corrected chi connectivity index (χ0v) is 14.0. The number of carbonyl (C=O) groups excluding carboxylic acids is 1. The summed E-state index contributed by atoms with van der Waals surface area (Å²) in [7, 11) is 0. The molecular formula is C19H27NO3. The van der Waals surface area contributed by atoms with E-state index in [4.69, 9.17) is 0 Å². The molecule has 4 heteroatoms. The van der Waals surface area contributed by atoms with E-state index in [1.54, 1.807) is 0 Å². The molecule has 1 aliphatic heterocycles. The molecule has 126 valence electrons. The summed E-state index contributed by atoms with van der Waals surface area (Å²) in [5, 5.41) is 12.8. The van der Waals surface area contributed by atoms with Gasteiger partial charge in [-0.15, -0.1) is 0 Å². The summed E-state index contributed by atoms with van der Waals surface area (Å²) in [6.45, 7) is 4.55. The average molecular weight is 317 g/mol. The number of amides is 1. The molecule has 0 bridgehead atoms. The quantitative estimate of drug-likeness (QED) is 0.731. The summed E-state index contributed by atoms with van der Waals surface area (Å²) in [5.41, 5.74) is 0.0778. The maximum absolute atomic E-state index is 11.8. The van der Waals surface area contributed by atoms with Gasteiger partial charge in [-0.2, -0.15) is 0 Å². The van der Waals surface area contributed by atoms with Gasteiger partial charge in [0, 0.05) is 6.42 Å². The summed E-state index contributed by atoms with van der Waals surface area (Å²) in [6, 6.07) is 0.158. The van der Waals surface area contributed by atoms with E-state index in [2.05, 4.69) is 31.3 Å². The van der Waals surface area contributed by atoms with E-state index < -0.39 is 5.97 Å². The highest BCUT2D eigenvalue weighted by atomic mass is 16.4. The highest BCUT2D eigenvalue weighted by molar-refractivity contribution is 5.78. The third-order valence-corrected chi connectivity index (χ3v) is 7.92. The zero-order valence-electron chi connectivity index (χ0n) is 14.0. The molecule has 4 unspecified atom stereocenters. The highest BCUT2D eigenvalue weighted by Gasteiger charge is 2.60. The largest absolute Gasteiger partial charge is 0.481 e. The Balaban J connectivity index is 1.68. The monoisotopic (exact) mass is 317 g/mol. The number of aliphatic carboxylic acids is 1. The summed E-state index contributed by atoms with van der Waals surface area (Å²) < 4.78 is 0. The lowest BCUT2D eigenvalue weighted by Crippen LogP contribution is -2.59.